The van der Waals surface area contributed by atoms with Crippen LogP contribution < -0.4 is 5.48 Å². The number of carbonyl (C=O) groups is 1. The molecule has 0 spiro atoms. The number of rotatable bonds is 2. The number of nitrogens with one attached hydrogen (secondary N) is 1. The van der Waals surface area contributed by atoms with Crippen molar-refractivity contribution >= 4 is 5.91 Å². The van der Waals surface area contributed by atoms with Crippen molar-refractivity contribution in [2.24, 2.45) is 11.3 Å². The fourth-order valence-corrected chi connectivity index (χ4v) is 2.79. The van der Waals surface area contributed by atoms with Crippen LogP contribution in [0, 0.1) is 11.3 Å². The van der Waals surface area contributed by atoms with Gasteiger partial charge in [0.2, 0.25) is 5.91 Å². The van der Waals surface area contributed by atoms with E-state index >= 15 is 0 Å². The van der Waals surface area contributed by atoms with Crippen molar-refractivity contribution < 1.29 is 9.63 Å². The molecule has 0 heterocycles. The fourth-order valence-electron chi connectivity index (χ4n) is 2.79. The van der Waals surface area contributed by atoms with Crippen molar-refractivity contribution in [2.45, 2.75) is 38.5 Å². The Kier molecular flexibility index (Phi) is 2.28. The zero-order valence-corrected chi connectivity index (χ0v) is 8.14. The Morgan fingerprint density at radius 3 is 2.31 bits per heavy atom. The summed E-state index contributed by atoms with van der Waals surface area (Å²) >= 11 is 0. The standard InChI is InChI=1S/C10H17NO2/c1-13-11-9(12)10-5-2-8(3-6-10)4-7-10/h8H,2-7H2,1H3,(H,11,12). The minimum atomic E-state index is -0.0786. The van der Waals surface area contributed by atoms with Gasteiger partial charge < -0.3 is 0 Å². The quantitative estimate of drug-likeness (QED) is 0.661. The van der Waals surface area contributed by atoms with E-state index in [9.17, 15) is 4.79 Å². The van der Waals surface area contributed by atoms with Gasteiger partial charge in [-0.2, -0.15) is 0 Å². The van der Waals surface area contributed by atoms with Crippen LogP contribution >= 0.6 is 0 Å². The molecule has 13 heavy (non-hydrogen) atoms. The molecule has 74 valence electrons. The highest BCUT2D eigenvalue weighted by Crippen LogP contribution is 2.50. The summed E-state index contributed by atoms with van der Waals surface area (Å²) in [5.41, 5.74) is 2.41. The molecule has 0 unspecified atom stereocenters. The van der Waals surface area contributed by atoms with Gasteiger partial charge in [-0.25, -0.2) is 5.48 Å². The molecule has 2 bridgehead atoms. The lowest BCUT2D eigenvalue weighted by Gasteiger charge is -2.44. The van der Waals surface area contributed by atoms with Gasteiger partial charge in [-0.1, -0.05) is 0 Å². The van der Waals surface area contributed by atoms with Crippen LogP contribution in [0.5, 0.6) is 0 Å². The SMILES string of the molecule is CONC(=O)C12CCC(CC1)CC2. The van der Waals surface area contributed by atoms with E-state index in [1.165, 1.54) is 26.4 Å². The van der Waals surface area contributed by atoms with Crippen molar-refractivity contribution in [1.82, 2.24) is 5.48 Å². The first-order chi connectivity index (χ1) is 6.27. The second-order valence-corrected chi connectivity index (χ2v) is 4.40. The van der Waals surface area contributed by atoms with Crippen molar-refractivity contribution in [3.05, 3.63) is 0 Å². The number of amides is 1. The molecule has 0 aromatic rings. The summed E-state index contributed by atoms with van der Waals surface area (Å²) in [5, 5.41) is 0. The average Bonchev–Trinajstić information content (AvgIpc) is 2.21. The second kappa shape index (κ2) is 3.29. The van der Waals surface area contributed by atoms with Crippen LogP contribution in [-0.2, 0) is 9.63 Å². The maximum Gasteiger partial charge on any atom is 0.249 e. The molecular weight excluding hydrogens is 166 g/mol. The van der Waals surface area contributed by atoms with E-state index in [-0.39, 0.29) is 11.3 Å². The van der Waals surface area contributed by atoms with E-state index in [0.29, 0.717) is 0 Å². The van der Waals surface area contributed by atoms with E-state index in [1.54, 1.807) is 0 Å². The predicted molar refractivity (Wildman–Crippen MR) is 48.8 cm³/mol. The summed E-state index contributed by atoms with van der Waals surface area (Å²) in [5.74, 6) is 1.00. The number of fused-ring (bicyclic) bond motifs is 3. The van der Waals surface area contributed by atoms with Crippen molar-refractivity contribution in [1.29, 1.82) is 0 Å². The van der Waals surface area contributed by atoms with E-state index in [2.05, 4.69) is 5.48 Å². The summed E-state index contributed by atoms with van der Waals surface area (Å²) in [4.78, 5) is 16.4. The van der Waals surface area contributed by atoms with Gasteiger partial charge in [-0.15, -0.1) is 0 Å². The monoisotopic (exact) mass is 183 g/mol. The van der Waals surface area contributed by atoms with Crippen molar-refractivity contribution in [3.8, 4) is 0 Å². The normalized spacial score (nSPS) is 37.5. The topological polar surface area (TPSA) is 38.3 Å². The van der Waals surface area contributed by atoms with Crippen LogP contribution in [0.3, 0.4) is 0 Å². The predicted octanol–water partition coefficient (Wildman–Crippen LogP) is 1.63. The van der Waals surface area contributed by atoms with Crippen molar-refractivity contribution in [2.75, 3.05) is 7.11 Å². The minimum Gasteiger partial charge on any atom is -0.277 e. The first-order valence-electron chi connectivity index (χ1n) is 5.10. The molecule has 3 aliphatic carbocycles. The summed E-state index contributed by atoms with van der Waals surface area (Å²) in [6, 6.07) is 0. The molecule has 3 saturated carbocycles. The molecule has 3 aliphatic rings. The van der Waals surface area contributed by atoms with Crippen LogP contribution in [0.4, 0.5) is 0 Å². The molecule has 1 amide bonds. The molecule has 1 N–H and O–H groups in total. The average molecular weight is 183 g/mol. The maximum atomic E-state index is 11.7. The van der Waals surface area contributed by atoms with Gasteiger partial charge in [0.05, 0.1) is 12.5 Å². The van der Waals surface area contributed by atoms with E-state index in [0.717, 1.165) is 25.2 Å². The van der Waals surface area contributed by atoms with Crippen LogP contribution in [0.2, 0.25) is 0 Å². The Labute approximate surface area is 78.8 Å². The van der Waals surface area contributed by atoms with Gasteiger partial charge in [0.15, 0.2) is 0 Å². The Morgan fingerprint density at radius 2 is 1.85 bits per heavy atom. The highest BCUT2D eigenvalue weighted by molar-refractivity contribution is 5.82. The summed E-state index contributed by atoms with van der Waals surface area (Å²) in [6.45, 7) is 0. The summed E-state index contributed by atoms with van der Waals surface area (Å²) in [6.07, 6.45) is 6.89. The van der Waals surface area contributed by atoms with Gasteiger partial charge in [-0.05, 0) is 44.4 Å². The van der Waals surface area contributed by atoms with Crippen LogP contribution in [-0.4, -0.2) is 13.0 Å². The van der Waals surface area contributed by atoms with Crippen LogP contribution in [0.1, 0.15) is 38.5 Å². The number of hydrogen-bond acceptors (Lipinski definition) is 2. The van der Waals surface area contributed by atoms with Gasteiger partial charge in [0.1, 0.15) is 0 Å². The zero-order chi connectivity index (χ0) is 9.31. The number of hydroxylamine groups is 1. The molecule has 0 aliphatic heterocycles. The zero-order valence-electron chi connectivity index (χ0n) is 8.14. The lowest BCUT2D eigenvalue weighted by atomic mass is 9.60. The van der Waals surface area contributed by atoms with Crippen molar-refractivity contribution in [3.63, 3.8) is 0 Å². The molecule has 0 atom stereocenters. The van der Waals surface area contributed by atoms with Gasteiger partial charge in [-0.3, -0.25) is 9.63 Å². The Balaban J connectivity index is 2.05. The number of carbonyl (C=O) groups excluding carboxylic acids is 1. The lowest BCUT2D eigenvalue weighted by molar-refractivity contribution is -0.148. The Hall–Kier alpha value is -0.570. The molecular formula is C10H17NO2. The maximum absolute atomic E-state index is 11.7. The summed E-state index contributed by atoms with van der Waals surface area (Å²) in [7, 11) is 1.50. The highest BCUT2D eigenvalue weighted by atomic mass is 16.6. The van der Waals surface area contributed by atoms with Gasteiger partial charge in [0, 0.05) is 0 Å². The molecule has 3 fully saturated rings. The second-order valence-electron chi connectivity index (χ2n) is 4.40. The van der Waals surface area contributed by atoms with Crippen LogP contribution in [0.15, 0.2) is 0 Å². The largest absolute Gasteiger partial charge is 0.277 e. The molecule has 0 radical (unpaired) electrons. The fraction of sp³-hybridized carbons (Fsp3) is 0.900. The first-order valence-corrected chi connectivity index (χ1v) is 5.10. The first kappa shape index (κ1) is 9.00. The number of hydrogen-bond donors (Lipinski definition) is 1. The van der Waals surface area contributed by atoms with E-state index in [1.807, 2.05) is 0 Å². The molecule has 0 saturated heterocycles. The highest BCUT2D eigenvalue weighted by Gasteiger charge is 2.45. The Bertz CT molecular complexity index is 193. The molecule has 3 nitrogen and oxygen atoms in total. The summed E-state index contributed by atoms with van der Waals surface area (Å²) < 4.78 is 0. The van der Waals surface area contributed by atoms with Gasteiger partial charge >= 0.3 is 0 Å². The minimum absolute atomic E-state index is 0.0786. The lowest BCUT2D eigenvalue weighted by Crippen LogP contribution is -2.46. The Morgan fingerprint density at radius 1 is 1.31 bits per heavy atom. The van der Waals surface area contributed by atoms with Gasteiger partial charge in [0.25, 0.3) is 0 Å². The van der Waals surface area contributed by atoms with Crippen LogP contribution in [0.25, 0.3) is 0 Å². The molecule has 3 rings (SSSR count). The third kappa shape index (κ3) is 1.46. The van der Waals surface area contributed by atoms with E-state index < -0.39 is 0 Å². The molecule has 3 heteroatoms. The third-order valence-electron chi connectivity index (χ3n) is 3.77. The van der Waals surface area contributed by atoms with E-state index in [4.69, 9.17) is 4.84 Å². The molecule has 0 aromatic heterocycles. The smallest absolute Gasteiger partial charge is 0.249 e. The third-order valence-corrected chi connectivity index (χ3v) is 3.77. The molecule has 0 aromatic carbocycles.